The van der Waals surface area contributed by atoms with Crippen LogP contribution in [0, 0.1) is 11.6 Å². The number of alkyl carbamates (subject to hydrolysis) is 1. The fraction of sp³-hybridized carbons (Fsp3) is 0.231. The van der Waals surface area contributed by atoms with Crippen molar-refractivity contribution in [1.82, 2.24) is 14.9 Å². The quantitative estimate of drug-likeness (QED) is 0.242. The lowest BCUT2D eigenvalue weighted by atomic mass is 10.1. The van der Waals surface area contributed by atoms with E-state index in [2.05, 4.69) is 10.3 Å². The highest BCUT2D eigenvalue weighted by molar-refractivity contribution is 7.99. The number of ether oxygens (including phenoxy) is 1. The average Bonchev–Trinajstić information content (AvgIpc) is 3.26. The number of hydrogen-bond acceptors (Lipinski definition) is 7. The summed E-state index contributed by atoms with van der Waals surface area (Å²) in [6, 6.07) is 11.1. The maximum absolute atomic E-state index is 13.7. The predicted molar refractivity (Wildman–Crippen MR) is 141 cm³/mol. The number of halogens is 2. The fourth-order valence-corrected chi connectivity index (χ4v) is 5.27. The molecule has 37 heavy (non-hydrogen) atoms. The van der Waals surface area contributed by atoms with E-state index in [1.807, 2.05) is 0 Å². The van der Waals surface area contributed by atoms with Crippen LogP contribution in [0.3, 0.4) is 0 Å². The van der Waals surface area contributed by atoms with Crippen LogP contribution in [0.4, 0.5) is 13.6 Å². The molecule has 1 N–H and O–H groups in total. The van der Waals surface area contributed by atoms with Crippen molar-refractivity contribution in [2.75, 3.05) is 12.3 Å². The van der Waals surface area contributed by atoms with Gasteiger partial charge in [-0.05, 0) is 62.7 Å². The third-order valence-electron chi connectivity index (χ3n) is 5.01. The topological polar surface area (TPSA) is 90.3 Å². The van der Waals surface area contributed by atoms with Gasteiger partial charge in [-0.15, -0.1) is 11.3 Å². The van der Waals surface area contributed by atoms with Gasteiger partial charge in [-0.1, -0.05) is 23.9 Å². The molecule has 0 unspecified atom stereocenters. The van der Waals surface area contributed by atoms with Crippen LogP contribution in [0.25, 0.3) is 27.0 Å². The Balaban J connectivity index is 1.66. The number of nitrogens with zero attached hydrogens (tertiary/aromatic N) is 2. The Morgan fingerprint density at radius 3 is 2.30 bits per heavy atom. The van der Waals surface area contributed by atoms with E-state index in [4.69, 9.17) is 4.74 Å². The third-order valence-corrected chi connectivity index (χ3v) is 6.88. The normalized spacial score (nSPS) is 11.5. The lowest BCUT2D eigenvalue weighted by Gasteiger charge is -2.19. The zero-order chi connectivity index (χ0) is 26.7. The fourth-order valence-electron chi connectivity index (χ4n) is 3.41. The first-order valence-electron chi connectivity index (χ1n) is 11.2. The molecule has 0 fully saturated rings. The van der Waals surface area contributed by atoms with E-state index in [0.717, 1.165) is 11.8 Å². The van der Waals surface area contributed by atoms with Crippen molar-refractivity contribution in [1.29, 1.82) is 0 Å². The molecule has 0 aliphatic rings. The molecule has 2 aromatic heterocycles. The number of carbonyl (C=O) groups is 2. The van der Waals surface area contributed by atoms with E-state index >= 15 is 0 Å². The molecule has 0 radical (unpaired) electrons. The summed E-state index contributed by atoms with van der Waals surface area (Å²) < 4.78 is 33.5. The summed E-state index contributed by atoms with van der Waals surface area (Å²) in [5.74, 6) is -1.25. The summed E-state index contributed by atoms with van der Waals surface area (Å²) in [7, 11) is 0. The van der Waals surface area contributed by atoms with E-state index in [9.17, 15) is 23.2 Å². The number of thiophene rings is 1. The number of hydrogen-bond donors (Lipinski definition) is 1. The van der Waals surface area contributed by atoms with Crippen LogP contribution >= 0.6 is 23.1 Å². The summed E-state index contributed by atoms with van der Waals surface area (Å²) in [5, 5.41) is 4.76. The van der Waals surface area contributed by atoms with Gasteiger partial charge in [-0.2, -0.15) is 0 Å². The Bertz CT molecular complexity index is 1510. The number of aromatic nitrogens is 2. The zero-order valence-corrected chi connectivity index (χ0v) is 21.8. The largest absolute Gasteiger partial charge is 0.444 e. The first kappa shape index (κ1) is 26.5. The van der Waals surface area contributed by atoms with Gasteiger partial charge < -0.3 is 10.1 Å². The monoisotopic (exact) mass is 543 g/mol. The number of thioether (sulfide) groups is 1. The molecule has 0 bridgehead atoms. The number of carbonyl (C=O) groups excluding carboxylic acids is 2. The molecule has 0 spiro atoms. The van der Waals surface area contributed by atoms with Gasteiger partial charge >= 0.3 is 6.09 Å². The van der Waals surface area contributed by atoms with E-state index in [1.54, 1.807) is 38.3 Å². The molecular formula is C26H23F2N3O4S2. The highest BCUT2D eigenvalue weighted by Crippen LogP contribution is 2.33. The zero-order valence-electron chi connectivity index (χ0n) is 20.2. The standard InChI is InChI=1S/C26H23F2N3O4S2/c1-26(2,3)35-25(34)29-12-19(32)13-37-24-30-22-21(20(14-36-22)15-4-6-16(27)7-5-15)23(33)31(24)18-10-8-17(28)9-11-18/h4-11,14H,12-13H2,1-3H3,(H,29,34). The van der Waals surface area contributed by atoms with Crippen LogP contribution in [-0.4, -0.2) is 39.3 Å². The van der Waals surface area contributed by atoms with Gasteiger partial charge in [0.1, 0.15) is 22.1 Å². The van der Waals surface area contributed by atoms with E-state index in [1.165, 1.54) is 52.3 Å². The number of rotatable bonds is 7. The van der Waals surface area contributed by atoms with Gasteiger partial charge in [0.25, 0.3) is 5.56 Å². The maximum atomic E-state index is 13.7. The van der Waals surface area contributed by atoms with Crippen molar-refractivity contribution >= 4 is 45.2 Å². The SMILES string of the molecule is CC(C)(C)OC(=O)NCC(=O)CSc1nc2scc(-c3ccc(F)cc3)c2c(=O)n1-c1ccc(F)cc1. The van der Waals surface area contributed by atoms with E-state index in [-0.39, 0.29) is 23.2 Å². The van der Waals surface area contributed by atoms with Gasteiger partial charge in [0, 0.05) is 10.9 Å². The van der Waals surface area contributed by atoms with Crippen LogP contribution in [0.2, 0.25) is 0 Å². The maximum Gasteiger partial charge on any atom is 0.408 e. The number of benzene rings is 2. The van der Waals surface area contributed by atoms with Crippen molar-refractivity contribution in [3.05, 3.63) is 75.9 Å². The van der Waals surface area contributed by atoms with Gasteiger partial charge in [0.2, 0.25) is 0 Å². The summed E-state index contributed by atoms with van der Waals surface area (Å²) in [6.45, 7) is 4.89. The van der Waals surface area contributed by atoms with Crippen LogP contribution in [0.5, 0.6) is 0 Å². The molecule has 0 saturated heterocycles. The van der Waals surface area contributed by atoms with Crippen LogP contribution in [-0.2, 0) is 9.53 Å². The molecule has 2 aromatic carbocycles. The van der Waals surface area contributed by atoms with Gasteiger partial charge in [0.15, 0.2) is 10.9 Å². The van der Waals surface area contributed by atoms with Crippen LogP contribution in [0.15, 0.2) is 63.9 Å². The Hall–Kier alpha value is -3.57. The summed E-state index contributed by atoms with van der Waals surface area (Å²) in [4.78, 5) is 43.1. The number of ketones is 1. The molecule has 4 aromatic rings. The van der Waals surface area contributed by atoms with Gasteiger partial charge in [0.05, 0.1) is 23.4 Å². The second-order valence-corrected chi connectivity index (χ2v) is 10.8. The summed E-state index contributed by atoms with van der Waals surface area (Å²) in [6.07, 6.45) is -0.708. The number of nitrogens with one attached hydrogen (secondary N) is 1. The predicted octanol–water partition coefficient (Wildman–Crippen LogP) is 5.58. The molecule has 1 amide bonds. The molecule has 0 aliphatic heterocycles. The number of amides is 1. The van der Waals surface area contributed by atoms with Crippen molar-refractivity contribution in [3.63, 3.8) is 0 Å². The average molecular weight is 544 g/mol. The van der Waals surface area contributed by atoms with Crippen molar-refractivity contribution < 1.29 is 23.1 Å². The molecule has 0 aliphatic carbocycles. The molecule has 0 saturated carbocycles. The van der Waals surface area contributed by atoms with E-state index in [0.29, 0.717) is 27.0 Å². The van der Waals surface area contributed by atoms with Gasteiger partial charge in [-0.3, -0.25) is 14.2 Å². The van der Waals surface area contributed by atoms with Gasteiger partial charge in [-0.25, -0.2) is 18.6 Å². The molecule has 7 nitrogen and oxygen atoms in total. The molecule has 4 rings (SSSR count). The molecule has 0 atom stereocenters. The van der Waals surface area contributed by atoms with Crippen molar-refractivity contribution in [3.8, 4) is 16.8 Å². The minimum Gasteiger partial charge on any atom is -0.444 e. The first-order valence-corrected chi connectivity index (χ1v) is 13.1. The Kier molecular flexibility index (Phi) is 7.74. The molecule has 2 heterocycles. The van der Waals surface area contributed by atoms with Crippen molar-refractivity contribution in [2.45, 2.75) is 31.5 Å². The Morgan fingerprint density at radius 1 is 1.05 bits per heavy atom. The van der Waals surface area contributed by atoms with Crippen LogP contribution < -0.4 is 10.9 Å². The smallest absolute Gasteiger partial charge is 0.408 e. The highest BCUT2D eigenvalue weighted by atomic mass is 32.2. The lowest BCUT2D eigenvalue weighted by molar-refractivity contribution is -0.115. The second kappa shape index (κ2) is 10.8. The first-order chi connectivity index (χ1) is 17.5. The Morgan fingerprint density at radius 2 is 1.68 bits per heavy atom. The second-order valence-electron chi connectivity index (χ2n) is 9.03. The van der Waals surface area contributed by atoms with E-state index < -0.39 is 28.9 Å². The minimum atomic E-state index is -0.708. The summed E-state index contributed by atoms with van der Waals surface area (Å²) >= 11 is 2.28. The number of fused-ring (bicyclic) bond motifs is 1. The molecular weight excluding hydrogens is 520 g/mol. The van der Waals surface area contributed by atoms with Crippen molar-refractivity contribution in [2.24, 2.45) is 0 Å². The summed E-state index contributed by atoms with van der Waals surface area (Å²) in [5.41, 5.74) is 0.529. The Labute approximate surface area is 219 Å². The highest BCUT2D eigenvalue weighted by Gasteiger charge is 2.20. The van der Waals surface area contributed by atoms with Crippen LogP contribution in [0.1, 0.15) is 20.8 Å². The molecule has 11 heteroatoms. The molecule has 192 valence electrons. The number of Topliss-reactive ketones (excluding diaryl/α,β-unsaturated/α-hetero) is 1. The third kappa shape index (κ3) is 6.41. The lowest BCUT2D eigenvalue weighted by Crippen LogP contribution is -2.36. The minimum absolute atomic E-state index is 0.0782.